The first-order valence-corrected chi connectivity index (χ1v) is 7.15. The fourth-order valence-corrected chi connectivity index (χ4v) is 2.96. The lowest BCUT2D eigenvalue weighted by molar-refractivity contribution is 0.104. The minimum atomic E-state index is 0.00492. The summed E-state index contributed by atoms with van der Waals surface area (Å²) in [6.07, 6.45) is 6.57. The van der Waals surface area contributed by atoms with Crippen molar-refractivity contribution in [3.05, 3.63) is 46.7 Å². The molecule has 2 N–H and O–H groups in total. The Kier molecular flexibility index (Phi) is 3.47. The molecule has 0 bridgehead atoms. The van der Waals surface area contributed by atoms with E-state index < -0.39 is 0 Å². The topological polar surface area (TPSA) is 41.1 Å². The zero-order chi connectivity index (χ0) is 13.2. The van der Waals surface area contributed by atoms with Crippen LogP contribution in [0.3, 0.4) is 0 Å². The van der Waals surface area contributed by atoms with Crippen LogP contribution < -0.4 is 10.6 Å². The van der Waals surface area contributed by atoms with Gasteiger partial charge in [-0.25, -0.2) is 0 Å². The lowest BCUT2D eigenvalue weighted by Gasteiger charge is -2.23. The zero-order valence-electron chi connectivity index (χ0n) is 10.7. The summed E-state index contributed by atoms with van der Waals surface area (Å²) in [6.45, 7) is 0. The second-order valence-corrected chi connectivity index (χ2v) is 5.65. The molecular weight excluding hydrogens is 260 g/mol. The van der Waals surface area contributed by atoms with Crippen molar-refractivity contribution in [1.82, 2.24) is 10.6 Å². The monoisotopic (exact) mass is 276 g/mol. The van der Waals surface area contributed by atoms with Gasteiger partial charge in [-0.2, -0.15) is 0 Å². The van der Waals surface area contributed by atoms with E-state index in [1.807, 2.05) is 0 Å². The molecule has 0 amide bonds. The van der Waals surface area contributed by atoms with Crippen LogP contribution >= 0.6 is 11.6 Å². The largest absolute Gasteiger partial charge is 0.367 e. The number of halogens is 1. The molecule has 3 nitrogen and oxygen atoms in total. The van der Waals surface area contributed by atoms with Crippen LogP contribution in [-0.4, -0.2) is 17.9 Å². The number of ketones is 1. The highest BCUT2D eigenvalue weighted by atomic mass is 35.5. The quantitative estimate of drug-likeness (QED) is 0.645. The van der Waals surface area contributed by atoms with Gasteiger partial charge in [0.2, 0.25) is 0 Å². The summed E-state index contributed by atoms with van der Waals surface area (Å²) < 4.78 is 0. The van der Waals surface area contributed by atoms with Crippen molar-refractivity contribution in [2.45, 2.75) is 37.8 Å². The molecule has 2 fully saturated rings. The maximum atomic E-state index is 12.1. The first kappa shape index (κ1) is 12.5. The highest BCUT2D eigenvalue weighted by Gasteiger charge is 2.31. The third kappa shape index (κ3) is 2.76. The van der Waals surface area contributed by atoms with Crippen LogP contribution in [-0.2, 0) is 0 Å². The van der Waals surface area contributed by atoms with Crippen molar-refractivity contribution in [2.75, 3.05) is 0 Å². The van der Waals surface area contributed by atoms with Gasteiger partial charge in [0.1, 0.15) is 5.82 Å². The molecule has 1 heterocycles. The van der Waals surface area contributed by atoms with Gasteiger partial charge in [-0.15, -0.1) is 0 Å². The first-order valence-electron chi connectivity index (χ1n) is 6.77. The molecule has 1 saturated carbocycles. The molecule has 2 aliphatic rings. The average molecular weight is 277 g/mol. The van der Waals surface area contributed by atoms with Gasteiger partial charge in [0.05, 0.1) is 0 Å². The lowest BCUT2D eigenvalue weighted by Crippen LogP contribution is -2.36. The second kappa shape index (κ2) is 5.25. The fraction of sp³-hybridized carbons (Fsp3) is 0.400. The Bertz CT molecular complexity index is 493. The number of hydrogen-bond acceptors (Lipinski definition) is 3. The van der Waals surface area contributed by atoms with E-state index in [0.717, 1.165) is 5.82 Å². The molecule has 4 heteroatoms. The molecule has 1 aromatic rings. The van der Waals surface area contributed by atoms with E-state index in [2.05, 4.69) is 10.6 Å². The Labute approximate surface area is 118 Å². The van der Waals surface area contributed by atoms with Crippen LogP contribution in [0.2, 0.25) is 5.02 Å². The minimum Gasteiger partial charge on any atom is -0.367 e. The minimum absolute atomic E-state index is 0.00492. The molecule has 0 aromatic heterocycles. The molecule has 3 rings (SSSR count). The zero-order valence-corrected chi connectivity index (χ0v) is 11.4. The number of nitrogens with one attached hydrogen (secondary N) is 2. The summed E-state index contributed by atoms with van der Waals surface area (Å²) >= 11 is 5.82. The van der Waals surface area contributed by atoms with Gasteiger partial charge in [0, 0.05) is 28.7 Å². The molecule has 1 aromatic carbocycles. The van der Waals surface area contributed by atoms with Crippen LogP contribution in [0, 0.1) is 0 Å². The van der Waals surface area contributed by atoms with Gasteiger partial charge >= 0.3 is 0 Å². The van der Waals surface area contributed by atoms with E-state index in [-0.39, 0.29) is 5.78 Å². The van der Waals surface area contributed by atoms with Gasteiger partial charge in [-0.05, 0) is 37.1 Å². The highest BCUT2D eigenvalue weighted by molar-refractivity contribution is 6.30. The molecule has 1 aliphatic carbocycles. The molecular formula is C15H17ClN2O. The molecule has 0 unspecified atom stereocenters. The fourth-order valence-electron chi connectivity index (χ4n) is 2.83. The summed E-state index contributed by atoms with van der Waals surface area (Å²) in [5, 5.41) is 7.46. The molecule has 19 heavy (non-hydrogen) atoms. The van der Waals surface area contributed by atoms with Gasteiger partial charge in [-0.1, -0.05) is 24.4 Å². The summed E-state index contributed by atoms with van der Waals surface area (Å²) in [7, 11) is 0. The Morgan fingerprint density at radius 2 is 1.68 bits per heavy atom. The number of carbonyl (C=O) groups is 1. The number of benzene rings is 1. The van der Waals surface area contributed by atoms with E-state index in [1.165, 1.54) is 25.7 Å². The Balaban J connectivity index is 1.72. The molecule has 0 spiro atoms. The van der Waals surface area contributed by atoms with Crippen molar-refractivity contribution in [3.8, 4) is 0 Å². The number of carbonyl (C=O) groups excluding carboxylic acids is 1. The first-order chi connectivity index (χ1) is 9.22. The highest BCUT2D eigenvalue weighted by Crippen LogP contribution is 2.24. The van der Waals surface area contributed by atoms with E-state index >= 15 is 0 Å². The number of hydrogen-bond donors (Lipinski definition) is 2. The van der Waals surface area contributed by atoms with Gasteiger partial charge in [-0.3, -0.25) is 4.79 Å². The van der Waals surface area contributed by atoms with Gasteiger partial charge < -0.3 is 10.6 Å². The standard InChI is InChI=1S/C15H17ClN2O/c16-11-7-5-10(6-8-11)14(19)9-15-17-12-3-1-2-4-13(12)18-15/h5-9,12-13,17-18H,1-4H2/t12-,13+. The van der Waals surface area contributed by atoms with Crippen LogP contribution in [0.1, 0.15) is 36.0 Å². The number of fused-ring (bicyclic) bond motifs is 1. The third-order valence-electron chi connectivity index (χ3n) is 3.85. The van der Waals surface area contributed by atoms with Crippen molar-refractivity contribution in [3.63, 3.8) is 0 Å². The summed E-state index contributed by atoms with van der Waals surface area (Å²) in [4.78, 5) is 12.1. The molecule has 100 valence electrons. The smallest absolute Gasteiger partial charge is 0.189 e. The van der Waals surface area contributed by atoms with Crippen LogP contribution in [0.5, 0.6) is 0 Å². The van der Waals surface area contributed by atoms with Crippen LogP contribution in [0.15, 0.2) is 36.2 Å². The number of rotatable bonds is 2. The normalized spacial score (nSPS) is 27.5. The van der Waals surface area contributed by atoms with Gasteiger partial charge in [0.15, 0.2) is 5.78 Å². The summed E-state index contributed by atoms with van der Waals surface area (Å²) in [6, 6.07) is 7.95. The van der Waals surface area contributed by atoms with Crippen LogP contribution in [0.25, 0.3) is 0 Å². The molecule has 2 atom stereocenters. The number of allylic oxidation sites excluding steroid dienone is 1. The SMILES string of the molecule is O=C(C=C1N[C@H]2CCCC[C@H]2N1)c1ccc(Cl)cc1. The molecule has 1 aliphatic heterocycles. The Hall–Kier alpha value is -1.48. The Morgan fingerprint density at radius 3 is 2.26 bits per heavy atom. The van der Waals surface area contributed by atoms with E-state index in [1.54, 1.807) is 30.3 Å². The van der Waals surface area contributed by atoms with E-state index in [0.29, 0.717) is 22.7 Å². The predicted molar refractivity (Wildman–Crippen MR) is 76.2 cm³/mol. The lowest BCUT2D eigenvalue weighted by atomic mass is 9.92. The van der Waals surface area contributed by atoms with E-state index in [4.69, 9.17) is 11.6 Å². The summed E-state index contributed by atoms with van der Waals surface area (Å²) in [5.74, 6) is 0.863. The van der Waals surface area contributed by atoms with Crippen molar-refractivity contribution < 1.29 is 4.79 Å². The van der Waals surface area contributed by atoms with Crippen molar-refractivity contribution in [2.24, 2.45) is 0 Å². The van der Waals surface area contributed by atoms with Crippen LogP contribution in [0.4, 0.5) is 0 Å². The van der Waals surface area contributed by atoms with Crippen molar-refractivity contribution in [1.29, 1.82) is 0 Å². The van der Waals surface area contributed by atoms with E-state index in [9.17, 15) is 4.79 Å². The maximum absolute atomic E-state index is 12.1. The summed E-state index contributed by atoms with van der Waals surface area (Å²) in [5.41, 5.74) is 0.662. The second-order valence-electron chi connectivity index (χ2n) is 5.22. The van der Waals surface area contributed by atoms with Gasteiger partial charge in [0.25, 0.3) is 0 Å². The molecule has 0 radical (unpaired) electrons. The average Bonchev–Trinajstić information content (AvgIpc) is 2.81. The predicted octanol–water partition coefficient (Wildman–Crippen LogP) is 2.87. The maximum Gasteiger partial charge on any atom is 0.189 e. The third-order valence-corrected chi connectivity index (χ3v) is 4.10. The Morgan fingerprint density at radius 1 is 1.11 bits per heavy atom. The molecule has 1 saturated heterocycles. The van der Waals surface area contributed by atoms with Crippen molar-refractivity contribution >= 4 is 17.4 Å².